The third kappa shape index (κ3) is 9.09. The molecule has 0 amide bonds. The first-order chi connectivity index (χ1) is 12.2. The van der Waals surface area contributed by atoms with Crippen LogP contribution in [0.1, 0.15) is 72.6 Å². The highest BCUT2D eigenvalue weighted by Crippen LogP contribution is 2.25. The molecule has 0 saturated heterocycles. The van der Waals surface area contributed by atoms with Crippen LogP contribution in [-0.4, -0.2) is 5.16 Å². The highest BCUT2D eigenvalue weighted by Gasteiger charge is 2.05. The maximum Gasteiger partial charge on any atom is 0.167 e. The third-order valence-electron chi connectivity index (χ3n) is 3.13. The highest BCUT2D eigenvalue weighted by atomic mass is 16.5. The molecular weight excluding hydrogens is 306 g/mol. The van der Waals surface area contributed by atoms with Gasteiger partial charge in [-0.2, -0.15) is 0 Å². The van der Waals surface area contributed by atoms with Gasteiger partial charge < -0.3 is 4.52 Å². The molecule has 0 N–H and O–H groups in total. The molecule has 0 spiro atoms. The number of aryl methyl sites for hydroxylation is 1. The fraction of sp³-hybridized carbons (Fsp3) is 0.435. The minimum absolute atomic E-state index is 0.817. The fourth-order valence-electron chi connectivity index (χ4n) is 2.06. The van der Waals surface area contributed by atoms with Gasteiger partial charge in [0.05, 0.1) is 5.69 Å². The predicted octanol–water partition coefficient (Wildman–Crippen LogP) is 8.10. The smallest absolute Gasteiger partial charge is 0.167 e. The molecule has 0 atom stereocenters. The Hall–Kier alpha value is -2.09. The van der Waals surface area contributed by atoms with E-state index >= 15 is 0 Å². The second-order valence-electron chi connectivity index (χ2n) is 4.55. The maximum absolute atomic E-state index is 5.26. The van der Waals surface area contributed by atoms with E-state index in [1.54, 1.807) is 0 Å². The Labute approximate surface area is 155 Å². The molecule has 1 aromatic heterocycles. The van der Waals surface area contributed by atoms with Crippen LogP contribution in [-0.2, 0) is 0 Å². The quantitative estimate of drug-likeness (QED) is 0.512. The predicted molar refractivity (Wildman–Crippen MR) is 114 cm³/mol. The standard InChI is InChI=1S/C17H19NO.3C2H6/c1-4-6-7-14(5-2)15-8-10-16(11-9-15)17-12-13(3)18-19-17;3*1-2/h4-5,8-12H,1,6-7H2,2-3H3;3*1-2H3/b14-5+;;;. The molecule has 25 heavy (non-hydrogen) atoms. The molecule has 0 fully saturated rings. The molecule has 0 aliphatic heterocycles. The second-order valence-corrected chi connectivity index (χ2v) is 4.55. The first-order valence-electron chi connectivity index (χ1n) is 9.55. The molecule has 0 unspecified atom stereocenters. The number of benzene rings is 1. The number of hydrogen-bond donors (Lipinski definition) is 0. The van der Waals surface area contributed by atoms with E-state index in [9.17, 15) is 0 Å². The third-order valence-corrected chi connectivity index (χ3v) is 3.13. The van der Waals surface area contributed by atoms with Gasteiger partial charge in [-0.05, 0) is 37.8 Å². The lowest BCUT2D eigenvalue weighted by atomic mass is 9.99. The average molecular weight is 344 g/mol. The van der Waals surface area contributed by atoms with Gasteiger partial charge >= 0.3 is 0 Å². The molecular formula is C23H37NO. The molecule has 0 saturated carbocycles. The lowest BCUT2D eigenvalue weighted by molar-refractivity contribution is 0.427. The van der Waals surface area contributed by atoms with E-state index in [1.807, 2.05) is 60.6 Å². The Bertz CT molecular complexity index is 576. The van der Waals surface area contributed by atoms with E-state index < -0.39 is 0 Å². The van der Waals surface area contributed by atoms with Crippen LogP contribution in [0.15, 0.2) is 53.6 Å². The van der Waals surface area contributed by atoms with Crippen molar-refractivity contribution in [3.05, 3.63) is 60.3 Å². The minimum atomic E-state index is 0.817. The Morgan fingerprint density at radius 1 is 1.04 bits per heavy atom. The summed E-state index contributed by atoms with van der Waals surface area (Å²) in [6.07, 6.45) is 6.15. The number of rotatable bonds is 5. The van der Waals surface area contributed by atoms with E-state index in [0.29, 0.717) is 0 Å². The van der Waals surface area contributed by atoms with Crippen molar-refractivity contribution in [3.8, 4) is 11.3 Å². The molecule has 2 heteroatoms. The number of nitrogens with zero attached hydrogens (tertiary/aromatic N) is 1. The maximum atomic E-state index is 5.26. The highest BCUT2D eigenvalue weighted by molar-refractivity contribution is 5.68. The van der Waals surface area contributed by atoms with Gasteiger partial charge in [-0.3, -0.25) is 0 Å². The van der Waals surface area contributed by atoms with Gasteiger partial charge in [0, 0.05) is 11.6 Å². The monoisotopic (exact) mass is 343 g/mol. The van der Waals surface area contributed by atoms with Crippen molar-refractivity contribution in [1.82, 2.24) is 5.16 Å². The minimum Gasteiger partial charge on any atom is -0.356 e. The van der Waals surface area contributed by atoms with Crippen LogP contribution in [0, 0.1) is 6.92 Å². The summed E-state index contributed by atoms with van der Waals surface area (Å²) < 4.78 is 5.26. The molecule has 0 radical (unpaired) electrons. The molecule has 1 heterocycles. The van der Waals surface area contributed by atoms with Gasteiger partial charge in [0.15, 0.2) is 5.76 Å². The summed E-state index contributed by atoms with van der Waals surface area (Å²) in [7, 11) is 0. The summed E-state index contributed by atoms with van der Waals surface area (Å²) in [6.45, 7) is 19.8. The summed E-state index contributed by atoms with van der Waals surface area (Å²) in [5, 5.41) is 3.91. The molecule has 2 nitrogen and oxygen atoms in total. The van der Waals surface area contributed by atoms with Crippen molar-refractivity contribution in [1.29, 1.82) is 0 Å². The molecule has 2 rings (SSSR count). The van der Waals surface area contributed by atoms with Crippen LogP contribution in [0.25, 0.3) is 16.9 Å². The van der Waals surface area contributed by atoms with Crippen LogP contribution < -0.4 is 0 Å². The Kier molecular flexibility index (Phi) is 16.9. The van der Waals surface area contributed by atoms with Gasteiger partial charge in [-0.25, -0.2) is 0 Å². The van der Waals surface area contributed by atoms with E-state index in [0.717, 1.165) is 29.9 Å². The molecule has 2 aromatic rings. The Morgan fingerprint density at radius 2 is 1.60 bits per heavy atom. The summed E-state index contributed by atoms with van der Waals surface area (Å²) >= 11 is 0. The zero-order valence-electron chi connectivity index (χ0n) is 17.5. The van der Waals surface area contributed by atoms with Crippen LogP contribution in [0.2, 0.25) is 0 Å². The molecule has 140 valence electrons. The van der Waals surface area contributed by atoms with Crippen LogP contribution in [0.4, 0.5) is 0 Å². The first-order valence-corrected chi connectivity index (χ1v) is 9.55. The second kappa shape index (κ2) is 16.8. The van der Waals surface area contributed by atoms with Gasteiger partial charge in [0.2, 0.25) is 0 Å². The van der Waals surface area contributed by atoms with Gasteiger partial charge in [0.1, 0.15) is 0 Å². The van der Waals surface area contributed by atoms with Gasteiger partial charge in [0.25, 0.3) is 0 Å². The number of aromatic nitrogens is 1. The molecule has 0 aliphatic carbocycles. The summed E-state index contributed by atoms with van der Waals surface area (Å²) in [5.41, 5.74) is 4.56. The van der Waals surface area contributed by atoms with Crippen molar-refractivity contribution in [2.24, 2.45) is 0 Å². The van der Waals surface area contributed by atoms with E-state index in [1.165, 1.54) is 11.1 Å². The number of allylic oxidation sites excluding steroid dienone is 3. The van der Waals surface area contributed by atoms with Crippen LogP contribution >= 0.6 is 0 Å². The van der Waals surface area contributed by atoms with Gasteiger partial charge in [-0.1, -0.05) is 83.1 Å². The summed E-state index contributed by atoms with van der Waals surface area (Å²) in [6, 6.07) is 10.4. The van der Waals surface area contributed by atoms with E-state index in [-0.39, 0.29) is 0 Å². The first kappa shape index (κ1) is 25.2. The Balaban J connectivity index is 0. The van der Waals surface area contributed by atoms with Crippen molar-refractivity contribution in [2.75, 3.05) is 0 Å². The normalized spacial score (nSPS) is 9.52. The topological polar surface area (TPSA) is 26.0 Å². The largest absolute Gasteiger partial charge is 0.356 e. The summed E-state index contributed by atoms with van der Waals surface area (Å²) in [4.78, 5) is 0. The van der Waals surface area contributed by atoms with E-state index in [2.05, 4.69) is 49.0 Å². The lowest BCUT2D eigenvalue weighted by Crippen LogP contribution is -1.85. The van der Waals surface area contributed by atoms with Crippen molar-refractivity contribution in [2.45, 2.75) is 68.2 Å². The fourth-order valence-corrected chi connectivity index (χ4v) is 2.06. The number of hydrogen-bond acceptors (Lipinski definition) is 2. The molecule has 0 bridgehead atoms. The SMILES string of the molecule is C=CCC/C(=C\C)c1ccc(-c2cc(C)no2)cc1.CC.CC.CC. The lowest BCUT2D eigenvalue weighted by Gasteiger charge is -2.06. The molecule has 0 aliphatic rings. The van der Waals surface area contributed by atoms with Crippen molar-refractivity contribution >= 4 is 5.57 Å². The van der Waals surface area contributed by atoms with Crippen molar-refractivity contribution in [3.63, 3.8) is 0 Å². The van der Waals surface area contributed by atoms with Crippen LogP contribution in [0.3, 0.4) is 0 Å². The van der Waals surface area contributed by atoms with Crippen molar-refractivity contribution < 1.29 is 4.52 Å². The van der Waals surface area contributed by atoms with Gasteiger partial charge in [-0.15, -0.1) is 6.58 Å². The Morgan fingerprint density at radius 3 is 2.00 bits per heavy atom. The summed E-state index contributed by atoms with van der Waals surface area (Å²) in [5.74, 6) is 0.817. The van der Waals surface area contributed by atoms with E-state index in [4.69, 9.17) is 4.52 Å². The zero-order chi connectivity index (χ0) is 19.7. The average Bonchev–Trinajstić information content (AvgIpc) is 3.14. The zero-order valence-corrected chi connectivity index (χ0v) is 17.5. The van der Waals surface area contributed by atoms with Crippen LogP contribution in [0.5, 0.6) is 0 Å². The molecule has 1 aromatic carbocycles.